The number of halogens is 4. The van der Waals surface area contributed by atoms with Crippen molar-refractivity contribution in [3.8, 4) is 0 Å². The molecule has 1 N–H and O–H groups in total. The number of benzene rings is 1. The van der Waals surface area contributed by atoms with Gasteiger partial charge in [-0.25, -0.2) is 12.8 Å². The molecule has 124 valence electrons. The number of nitrogens with zero attached hydrogens (tertiary/aromatic N) is 1. The van der Waals surface area contributed by atoms with Crippen molar-refractivity contribution in [2.24, 2.45) is 0 Å². The molecule has 1 aromatic rings. The molecule has 1 aliphatic rings. The van der Waals surface area contributed by atoms with Crippen LogP contribution in [0.4, 0.5) is 17.6 Å². The van der Waals surface area contributed by atoms with E-state index in [2.05, 4.69) is 5.32 Å². The topological polar surface area (TPSA) is 49.4 Å². The summed E-state index contributed by atoms with van der Waals surface area (Å²) in [6.45, 7) is 0.285. The molecule has 0 unspecified atom stereocenters. The van der Waals surface area contributed by atoms with Gasteiger partial charge in [0.2, 0.25) is 10.0 Å². The van der Waals surface area contributed by atoms with E-state index in [-0.39, 0.29) is 19.1 Å². The van der Waals surface area contributed by atoms with E-state index in [4.69, 9.17) is 0 Å². The Hall–Kier alpha value is -1.19. The minimum absolute atomic E-state index is 0.142. The number of sulfonamides is 1. The first-order valence-electron chi connectivity index (χ1n) is 6.70. The second-order valence-electron chi connectivity index (χ2n) is 5.11. The minimum Gasteiger partial charge on any atom is -0.317 e. The molecular formula is C13H16F4N2O2S. The molecule has 0 aromatic heterocycles. The highest BCUT2D eigenvalue weighted by Gasteiger charge is 2.35. The van der Waals surface area contributed by atoms with E-state index in [1.807, 2.05) is 0 Å². The first-order chi connectivity index (χ1) is 10.2. The number of nitrogens with one attached hydrogen (secondary N) is 1. The van der Waals surface area contributed by atoms with Crippen LogP contribution >= 0.6 is 0 Å². The Morgan fingerprint density at radius 2 is 1.82 bits per heavy atom. The van der Waals surface area contributed by atoms with Crippen LogP contribution in [0.1, 0.15) is 18.4 Å². The number of rotatable bonds is 3. The van der Waals surface area contributed by atoms with Gasteiger partial charge in [0, 0.05) is 19.1 Å². The van der Waals surface area contributed by atoms with Crippen molar-refractivity contribution in [2.75, 3.05) is 20.1 Å². The Morgan fingerprint density at radius 3 is 2.32 bits per heavy atom. The summed E-state index contributed by atoms with van der Waals surface area (Å²) in [6.07, 6.45) is -3.68. The maximum atomic E-state index is 13.8. The van der Waals surface area contributed by atoms with Crippen molar-refractivity contribution in [2.45, 2.75) is 30.0 Å². The van der Waals surface area contributed by atoms with Crippen LogP contribution in [0.25, 0.3) is 0 Å². The second kappa shape index (κ2) is 6.13. The Labute approximate surface area is 126 Å². The summed E-state index contributed by atoms with van der Waals surface area (Å²) in [6, 6.07) is 1.57. The fourth-order valence-corrected chi connectivity index (χ4v) is 3.96. The molecule has 0 radical (unpaired) electrons. The molecule has 9 heteroatoms. The van der Waals surface area contributed by atoms with Gasteiger partial charge in [-0.1, -0.05) is 0 Å². The molecule has 1 saturated heterocycles. The molecule has 0 bridgehead atoms. The van der Waals surface area contributed by atoms with Crippen molar-refractivity contribution >= 4 is 10.0 Å². The lowest BCUT2D eigenvalue weighted by Crippen LogP contribution is -2.44. The van der Waals surface area contributed by atoms with E-state index in [0.717, 1.165) is 4.31 Å². The van der Waals surface area contributed by atoms with Crippen molar-refractivity contribution in [3.63, 3.8) is 0 Å². The van der Waals surface area contributed by atoms with E-state index < -0.39 is 32.5 Å². The van der Waals surface area contributed by atoms with Crippen molar-refractivity contribution < 1.29 is 26.0 Å². The van der Waals surface area contributed by atoms with Gasteiger partial charge in [-0.2, -0.15) is 17.5 Å². The average Bonchev–Trinajstić information content (AvgIpc) is 2.46. The standard InChI is InChI=1S/C13H16F4N2O2S/c1-18-10-4-6-19(7-5-10)22(20,21)12-8-9(13(15,16)17)2-3-11(12)14/h2-3,8,10,18H,4-7H2,1H3. The van der Waals surface area contributed by atoms with Crippen molar-refractivity contribution in [1.82, 2.24) is 9.62 Å². The van der Waals surface area contributed by atoms with Crippen LogP contribution in [0, 0.1) is 5.82 Å². The predicted octanol–water partition coefficient (Wildman–Crippen LogP) is 2.22. The molecule has 1 aliphatic heterocycles. The molecule has 1 fully saturated rings. The molecular weight excluding hydrogens is 324 g/mol. The average molecular weight is 340 g/mol. The predicted molar refractivity (Wildman–Crippen MR) is 72.2 cm³/mol. The summed E-state index contributed by atoms with van der Waals surface area (Å²) in [7, 11) is -2.53. The fraction of sp³-hybridized carbons (Fsp3) is 0.538. The smallest absolute Gasteiger partial charge is 0.317 e. The largest absolute Gasteiger partial charge is 0.416 e. The lowest BCUT2D eigenvalue weighted by atomic mass is 10.1. The summed E-state index contributed by atoms with van der Waals surface area (Å²) in [4.78, 5) is -0.926. The number of hydrogen-bond donors (Lipinski definition) is 1. The van der Waals surface area contributed by atoms with Gasteiger partial charge in [-0.05, 0) is 38.1 Å². The monoisotopic (exact) mass is 340 g/mol. The van der Waals surface area contributed by atoms with Gasteiger partial charge < -0.3 is 5.32 Å². The van der Waals surface area contributed by atoms with Crippen LogP contribution < -0.4 is 5.32 Å². The molecule has 2 rings (SSSR count). The van der Waals surface area contributed by atoms with Crippen molar-refractivity contribution in [1.29, 1.82) is 0 Å². The first kappa shape index (κ1) is 17.2. The van der Waals surface area contributed by atoms with Crippen LogP contribution in [0.2, 0.25) is 0 Å². The quantitative estimate of drug-likeness (QED) is 0.859. The lowest BCUT2D eigenvalue weighted by molar-refractivity contribution is -0.137. The Kier molecular flexibility index (Phi) is 4.78. The summed E-state index contributed by atoms with van der Waals surface area (Å²) < 4.78 is 77.6. The molecule has 0 saturated carbocycles. The normalized spacial score (nSPS) is 18.6. The fourth-order valence-electron chi connectivity index (χ4n) is 2.40. The summed E-state index contributed by atoms with van der Waals surface area (Å²) >= 11 is 0. The first-order valence-corrected chi connectivity index (χ1v) is 8.14. The lowest BCUT2D eigenvalue weighted by Gasteiger charge is -2.31. The van der Waals surface area contributed by atoms with E-state index in [1.54, 1.807) is 7.05 Å². The maximum Gasteiger partial charge on any atom is 0.416 e. The summed E-state index contributed by atoms with van der Waals surface area (Å²) in [5.74, 6) is -1.18. The third-order valence-electron chi connectivity index (χ3n) is 3.74. The highest BCUT2D eigenvalue weighted by molar-refractivity contribution is 7.89. The number of piperidine rings is 1. The van der Waals surface area contributed by atoms with Crippen LogP contribution in [0.3, 0.4) is 0 Å². The highest BCUT2D eigenvalue weighted by atomic mass is 32.2. The molecule has 0 amide bonds. The van der Waals surface area contributed by atoms with Gasteiger partial charge in [0.25, 0.3) is 0 Å². The van der Waals surface area contributed by atoms with E-state index in [9.17, 15) is 26.0 Å². The summed E-state index contributed by atoms with van der Waals surface area (Å²) in [5.41, 5.74) is -1.18. The van der Waals surface area contributed by atoms with Gasteiger partial charge in [0.05, 0.1) is 5.56 Å². The van der Waals surface area contributed by atoms with Gasteiger partial charge in [0.15, 0.2) is 0 Å². The number of alkyl halides is 3. The van der Waals surface area contributed by atoms with Gasteiger partial charge in [-0.15, -0.1) is 0 Å². The van der Waals surface area contributed by atoms with Crippen LogP contribution in [-0.4, -0.2) is 38.9 Å². The van der Waals surface area contributed by atoms with Gasteiger partial charge in [0.1, 0.15) is 10.7 Å². The maximum absolute atomic E-state index is 13.8. The molecule has 1 heterocycles. The SMILES string of the molecule is CNC1CCN(S(=O)(=O)c2cc(C(F)(F)F)ccc2F)CC1. The van der Waals surface area contributed by atoms with Crippen LogP contribution in [0.5, 0.6) is 0 Å². The Balaban J connectivity index is 2.34. The van der Waals surface area contributed by atoms with Crippen molar-refractivity contribution in [3.05, 3.63) is 29.6 Å². The molecule has 4 nitrogen and oxygen atoms in total. The molecule has 22 heavy (non-hydrogen) atoms. The zero-order chi connectivity index (χ0) is 16.5. The molecule has 0 spiro atoms. The minimum atomic E-state index is -4.73. The third-order valence-corrected chi connectivity index (χ3v) is 5.65. The Morgan fingerprint density at radius 1 is 1.23 bits per heavy atom. The molecule has 0 aliphatic carbocycles. The summed E-state index contributed by atoms with van der Waals surface area (Å²) in [5, 5.41) is 3.01. The Bertz CT molecular complexity index is 638. The van der Waals surface area contributed by atoms with E-state index in [0.29, 0.717) is 31.0 Å². The van der Waals surface area contributed by atoms with Crippen LogP contribution in [-0.2, 0) is 16.2 Å². The second-order valence-corrected chi connectivity index (χ2v) is 7.02. The van der Waals surface area contributed by atoms with E-state index >= 15 is 0 Å². The number of hydrogen-bond acceptors (Lipinski definition) is 3. The van der Waals surface area contributed by atoms with Gasteiger partial charge in [-0.3, -0.25) is 0 Å². The van der Waals surface area contributed by atoms with E-state index in [1.165, 1.54) is 0 Å². The molecule has 0 atom stereocenters. The molecule has 1 aromatic carbocycles. The zero-order valence-electron chi connectivity index (χ0n) is 11.8. The van der Waals surface area contributed by atoms with Gasteiger partial charge >= 0.3 is 6.18 Å². The zero-order valence-corrected chi connectivity index (χ0v) is 12.6. The highest BCUT2D eigenvalue weighted by Crippen LogP contribution is 2.32. The van der Waals surface area contributed by atoms with Crippen LogP contribution in [0.15, 0.2) is 23.1 Å². The third kappa shape index (κ3) is 3.41.